The Morgan fingerprint density at radius 3 is 2.28 bits per heavy atom. The number of aliphatic carboxylic acids is 1. The van der Waals surface area contributed by atoms with Crippen molar-refractivity contribution in [3.63, 3.8) is 0 Å². The average Bonchev–Trinajstić information content (AvgIpc) is 2.93. The predicted molar refractivity (Wildman–Crippen MR) is 145 cm³/mol. The number of benzene rings is 2. The highest BCUT2D eigenvalue weighted by Crippen LogP contribution is 2.21. The van der Waals surface area contributed by atoms with Gasteiger partial charge in [-0.1, -0.05) is 38.1 Å². The number of amides is 3. The number of hydrogen-bond donors (Lipinski definition) is 3. The van der Waals surface area contributed by atoms with Gasteiger partial charge in [0.1, 0.15) is 17.6 Å². The van der Waals surface area contributed by atoms with Crippen LogP contribution in [-0.2, 0) is 22.7 Å². The molecular weight excluding hydrogens is 503 g/mol. The Morgan fingerprint density at radius 2 is 1.69 bits per heavy atom. The number of carbonyl (C=O) groups is 3. The summed E-state index contributed by atoms with van der Waals surface area (Å²) in [4.78, 5) is 40.3. The van der Waals surface area contributed by atoms with E-state index in [0.29, 0.717) is 51.5 Å². The minimum Gasteiger partial charge on any atom is -0.493 e. The van der Waals surface area contributed by atoms with Gasteiger partial charge >= 0.3 is 12.0 Å². The molecule has 0 spiro atoms. The van der Waals surface area contributed by atoms with Crippen LogP contribution in [0.15, 0.2) is 48.5 Å². The van der Waals surface area contributed by atoms with Crippen molar-refractivity contribution in [1.29, 1.82) is 0 Å². The van der Waals surface area contributed by atoms with Crippen LogP contribution in [0.25, 0.3) is 0 Å². The molecule has 0 bridgehead atoms. The van der Waals surface area contributed by atoms with E-state index in [2.05, 4.69) is 19.2 Å². The molecule has 1 heterocycles. The maximum absolute atomic E-state index is 13.5. The lowest BCUT2D eigenvalue weighted by Gasteiger charge is -2.38. The van der Waals surface area contributed by atoms with Crippen molar-refractivity contribution in [2.45, 2.75) is 64.7 Å². The quantitative estimate of drug-likeness (QED) is 0.375. The molecule has 1 atom stereocenters. The van der Waals surface area contributed by atoms with Crippen molar-refractivity contribution in [2.24, 2.45) is 11.7 Å². The summed E-state index contributed by atoms with van der Waals surface area (Å²) in [6.07, 6.45) is 1.30. The van der Waals surface area contributed by atoms with Gasteiger partial charge in [-0.2, -0.15) is 0 Å². The Morgan fingerprint density at radius 1 is 1.08 bits per heavy atom. The number of likely N-dealkylation sites (tertiary alicyclic amines) is 1. The number of urea groups is 1. The lowest BCUT2D eigenvalue weighted by molar-refractivity contribution is -0.139. The molecule has 39 heavy (non-hydrogen) atoms. The van der Waals surface area contributed by atoms with Gasteiger partial charge in [-0.15, -0.1) is 0 Å². The Labute approximate surface area is 229 Å². The van der Waals surface area contributed by atoms with Crippen LogP contribution in [0.1, 0.15) is 50.7 Å². The van der Waals surface area contributed by atoms with Crippen molar-refractivity contribution in [1.82, 2.24) is 15.1 Å². The van der Waals surface area contributed by atoms with E-state index < -0.39 is 12.0 Å². The number of nitrogens with zero attached hydrogens (tertiary/aromatic N) is 2. The maximum Gasteiger partial charge on any atom is 0.320 e. The van der Waals surface area contributed by atoms with Crippen molar-refractivity contribution in [3.8, 4) is 5.75 Å². The highest BCUT2D eigenvalue weighted by molar-refractivity contribution is 5.78. The summed E-state index contributed by atoms with van der Waals surface area (Å²) >= 11 is 0. The molecular formula is C29H39FN4O5. The first kappa shape index (κ1) is 29.9. The van der Waals surface area contributed by atoms with Crippen LogP contribution in [0.5, 0.6) is 5.75 Å². The molecule has 1 unspecified atom stereocenters. The topological polar surface area (TPSA) is 125 Å². The first-order valence-electron chi connectivity index (χ1n) is 13.4. The van der Waals surface area contributed by atoms with Gasteiger partial charge in [-0.3, -0.25) is 9.59 Å². The monoisotopic (exact) mass is 542 g/mol. The molecule has 1 fully saturated rings. The van der Waals surface area contributed by atoms with Crippen molar-refractivity contribution in [3.05, 3.63) is 65.5 Å². The number of carboxylic acid groups (broad SMARTS) is 1. The fourth-order valence-electron chi connectivity index (χ4n) is 4.39. The fraction of sp³-hybridized carbons (Fsp3) is 0.483. The number of hydrogen-bond acceptors (Lipinski definition) is 5. The van der Waals surface area contributed by atoms with E-state index in [1.165, 1.54) is 12.1 Å². The molecule has 1 aliphatic heterocycles. The number of nitrogens with one attached hydrogen (secondary N) is 1. The third-order valence-corrected chi connectivity index (χ3v) is 6.72. The Kier molecular flexibility index (Phi) is 11.1. The zero-order valence-corrected chi connectivity index (χ0v) is 22.6. The van der Waals surface area contributed by atoms with Gasteiger partial charge in [-0.25, -0.2) is 9.18 Å². The first-order chi connectivity index (χ1) is 18.6. The lowest BCUT2D eigenvalue weighted by atomic mass is 10.0. The average molecular weight is 543 g/mol. The number of carbonyl (C=O) groups excluding carboxylic acids is 2. The Bertz CT molecular complexity index is 1090. The van der Waals surface area contributed by atoms with E-state index in [9.17, 15) is 18.8 Å². The van der Waals surface area contributed by atoms with Gasteiger partial charge in [0, 0.05) is 38.6 Å². The third-order valence-electron chi connectivity index (χ3n) is 6.72. The van der Waals surface area contributed by atoms with Crippen LogP contribution < -0.4 is 15.8 Å². The predicted octanol–water partition coefficient (Wildman–Crippen LogP) is 3.76. The molecule has 3 rings (SSSR count). The summed E-state index contributed by atoms with van der Waals surface area (Å²) in [6.45, 7) is 6.36. The van der Waals surface area contributed by atoms with Crippen LogP contribution in [0, 0.1) is 11.7 Å². The highest BCUT2D eigenvalue weighted by atomic mass is 19.1. The number of carboxylic acids is 1. The highest BCUT2D eigenvalue weighted by Gasteiger charge is 2.30. The Hall–Kier alpha value is -3.66. The molecule has 1 saturated heterocycles. The second kappa shape index (κ2) is 14.5. The molecule has 4 N–H and O–H groups in total. The lowest BCUT2D eigenvalue weighted by Crippen LogP contribution is -2.51. The molecule has 10 heteroatoms. The normalized spacial score (nSPS) is 14.6. The van der Waals surface area contributed by atoms with Gasteiger partial charge in [0.2, 0.25) is 5.91 Å². The smallest absolute Gasteiger partial charge is 0.320 e. The molecule has 212 valence electrons. The van der Waals surface area contributed by atoms with Crippen molar-refractivity contribution < 1.29 is 28.6 Å². The SMILES string of the molecule is CC(C)COc1ccc(CNC(=O)N(Cc2ccc(F)cc2)C2CCN(C(=O)CCC(N)C(=O)O)CC2)cc1. The molecule has 2 aromatic rings. The minimum atomic E-state index is -1.13. The molecule has 0 radical (unpaired) electrons. The third kappa shape index (κ3) is 9.55. The summed E-state index contributed by atoms with van der Waals surface area (Å²) in [5.41, 5.74) is 7.26. The van der Waals surface area contributed by atoms with Crippen molar-refractivity contribution >= 4 is 17.9 Å². The summed E-state index contributed by atoms with van der Waals surface area (Å²) in [5, 5.41) is 11.9. The molecule has 3 amide bonds. The molecule has 1 aliphatic rings. The van der Waals surface area contributed by atoms with Crippen molar-refractivity contribution in [2.75, 3.05) is 19.7 Å². The zero-order valence-electron chi connectivity index (χ0n) is 22.6. The summed E-state index contributed by atoms with van der Waals surface area (Å²) < 4.78 is 19.2. The summed E-state index contributed by atoms with van der Waals surface area (Å²) in [5.74, 6) is -0.399. The van der Waals surface area contributed by atoms with Gasteiger partial charge < -0.3 is 30.7 Å². The molecule has 9 nitrogen and oxygen atoms in total. The second-order valence-electron chi connectivity index (χ2n) is 10.4. The van der Waals surface area contributed by atoms with Crippen LogP contribution in [0.2, 0.25) is 0 Å². The molecule has 0 aromatic heterocycles. The largest absolute Gasteiger partial charge is 0.493 e. The summed E-state index contributed by atoms with van der Waals surface area (Å²) in [7, 11) is 0. The van der Waals surface area contributed by atoms with E-state index in [-0.39, 0.29) is 36.6 Å². The summed E-state index contributed by atoms with van der Waals surface area (Å²) in [6, 6.07) is 12.3. The van der Waals surface area contributed by atoms with Gasteiger partial charge in [-0.05, 0) is 60.6 Å². The maximum atomic E-state index is 13.5. The molecule has 0 saturated carbocycles. The van der Waals surface area contributed by atoms with Crippen LogP contribution >= 0.6 is 0 Å². The van der Waals surface area contributed by atoms with Gasteiger partial charge in [0.05, 0.1) is 6.61 Å². The number of ether oxygens (including phenoxy) is 1. The Balaban J connectivity index is 1.60. The van der Waals surface area contributed by atoms with Crippen LogP contribution in [-0.4, -0.2) is 64.6 Å². The number of rotatable bonds is 12. The van der Waals surface area contributed by atoms with E-state index in [0.717, 1.165) is 16.9 Å². The molecule has 2 aromatic carbocycles. The van der Waals surface area contributed by atoms with E-state index in [1.54, 1.807) is 21.9 Å². The fourth-order valence-corrected chi connectivity index (χ4v) is 4.39. The van der Waals surface area contributed by atoms with E-state index >= 15 is 0 Å². The van der Waals surface area contributed by atoms with E-state index in [4.69, 9.17) is 15.6 Å². The number of halogens is 1. The number of piperidine rings is 1. The zero-order chi connectivity index (χ0) is 28.4. The first-order valence-corrected chi connectivity index (χ1v) is 13.4. The van der Waals surface area contributed by atoms with Crippen LogP contribution in [0.4, 0.5) is 9.18 Å². The standard InChI is InChI=1S/C29H39FN4O5/c1-20(2)19-39-25-9-5-21(6-10-25)17-32-29(38)34(18-22-3-7-23(30)8-4-22)24-13-15-33(16-14-24)27(35)12-11-26(31)28(36)37/h3-10,20,24,26H,11-19,31H2,1-2H3,(H,32,38)(H,36,37). The van der Waals surface area contributed by atoms with Gasteiger partial charge in [0.25, 0.3) is 0 Å². The van der Waals surface area contributed by atoms with Gasteiger partial charge in [0.15, 0.2) is 0 Å². The van der Waals surface area contributed by atoms with E-state index in [1.807, 2.05) is 24.3 Å². The number of nitrogens with two attached hydrogens (primary N) is 1. The van der Waals surface area contributed by atoms with Crippen LogP contribution in [0.3, 0.4) is 0 Å². The molecule has 0 aliphatic carbocycles. The second-order valence-corrected chi connectivity index (χ2v) is 10.4. The minimum absolute atomic E-state index is 0.0687.